The highest BCUT2D eigenvalue weighted by molar-refractivity contribution is 7.89. The number of hydrogen-bond acceptors (Lipinski definition) is 2. The summed E-state index contributed by atoms with van der Waals surface area (Å²) in [5.41, 5.74) is 1.77. The van der Waals surface area contributed by atoms with Crippen LogP contribution in [0, 0.1) is 18.8 Å². The maximum atomic E-state index is 12.6. The monoisotopic (exact) mass is 311 g/mol. The van der Waals surface area contributed by atoms with Crippen molar-refractivity contribution in [2.45, 2.75) is 18.7 Å². The molecule has 0 saturated heterocycles. The largest absolute Gasteiger partial charge is 0.244 e. The van der Waals surface area contributed by atoms with Gasteiger partial charge in [-0.2, -0.15) is 4.31 Å². The Morgan fingerprint density at radius 3 is 2.40 bits per heavy atom. The van der Waals surface area contributed by atoms with Gasteiger partial charge < -0.3 is 0 Å². The molecule has 5 heteroatoms. The number of nitrogens with zero attached hydrogens (tertiary/aromatic N) is 1. The SMILES string of the molecule is C=C(C)CN(CC#CCCl)S(=O)(=O)c1ccc(C)cc1. The molecule has 0 amide bonds. The lowest BCUT2D eigenvalue weighted by atomic mass is 10.2. The molecule has 1 rings (SSSR count). The summed E-state index contributed by atoms with van der Waals surface area (Å²) in [6.45, 7) is 7.81. The first-order chi connectivity index (χ1) is 9.37. The van der Waals surface area contributed by atoms with Gasteiger partial charge in [-0.1, -0.05) is 41.7 Å². The average Bonchev–Trinajstić information content (AvgIpc) is 2.38. The fraction of sp³-hybridized carbons (Fsp3) is 0.333. The first kappa shape index (κ1) is 16.8. The molecule has 0 atom stereocenters. The molecule has 0 aliphatic heterocycles. The van der Waals surface area contributed by atoms with E-state index in [0.717, 1.165) is 11.1 Å². The van der Waals surface area contributed by atoms with Crippen molar-refractivity contribution >= 4 is 21.6 Å². The Labute approximate surface area is 126 Å². The summed E-state index contributed by atoms with van der Waals surface area (Å²) in [7, 11) is -3.57. The van der Waals surface area contributed by atoms with Gasteiger partial charge in [-0.25, -0.2) is 8.42 Å². The van der Waals surface area contributed by atoms with Gasteiger partial charge in [-0.05, 0) is 26.0 Å². The van der Waals surface area contributed by atoms with E-state index in [2.05, 4.69) is 18.4 Å². The summed E-state index contributed by atoms with van der Waals surface area (Å²) >= 11 is 5.48. The lowest BCUT2D eigenvalue weighted by Crippen LogP contribution is -2.32. The Bertz CT molecular complexity index is 624. The molecule has 1 aromatic carbocycles. The summed E-state index contributed by atoms with van der Waals surface area (Å²) in [6, 6.07) is 6.75. The Hall–Kier alpha value is -1.28. The molecular formula is C15H18ClNO2S. The Morgan fingerprint density at radius 1 is 1.30 bits per heavy atom. The first-order valence-electron chi connectivity index (χ1n) is 6.11. The van der Waals surface area contributed by atoms with Gasteiger partial charge >= 0.3 is 0 Å². The van der Waals surface area contributed by atoms with E-state index in [1.807, 2.05) is 6.92 Å². The van der Waals surface area contributed by atoms with Gasteiger partial charge in [0.1, 0.15) is 0 Å². The molecule has 20 heavy (non-hydrogen) atoms. The van der Waals surface area contributed by atoms with Crippen LogP contribution in [-0.4, -0.2) is 31.7 Å². The van der Waals surface area contributed by atoms with Crippen molar-refractivity contribution in [1.29, 1.82) is 0 Å². The van der Waals surface area contributed by atoms with Gasteiger partial charge in [0.2, 0.25) is 10.0 Å². The number of aryl methyl sites for hydroxylation is 1. The second kappa shape index (κ2) is 7.49. The highest BCUT2D eigenvalue weighted by Gasteiger charge is 2.23. The van der Waals surface area contributed by atoms with Crippen molar-refractivity contribution < 1.29 is 8.42 Å². The normalized spacial score (nSPS) is 11.0. The molecule has 0 radical (unpaired) electrons. The predicted octanol–water partition coefficient (Wildman–Crippen LogP) is 2.80. The topological polar surface area (TPSA) is 37.4 Å². The Morgan fingerprint density at radius 2 is 1.90 bits per heavy atom. The van der Waals surface area contributed by atoms with Crippen LogP contribution in [0.5, 0.6) is 0 Å². The molecule has 0 aliphatic carbocycles. The van der Waals surface area contributed by atoms with E-state index in [1.54, 1.807) is 31.2 Å². The first-order valence-corrected chi connectivity index (χ1v) is 8.08. The maximum absolute atomic E-state index is 12.6. The molecule has 0 aromatic heterocycles. The van der Waals surface area contributed by atoms with E-state index in [0.29, 0.717) is 0 Å². The molecule has 0 spiro atoms. The summed E-state index contributed by atoms with van der Waals surface area (Å²) < 4.78 is 26.4. The minimum absolute atomic E-state index is 0.107. The number of rotatable bonds is 5. The van der Waals surface area contributed by atoms with Crippen LogP contribution < -0.4 is 0 Å². The van der Waals surface area contributed by atoms with E-state index >= 15 is 0 Å². The summed E-state index contributed by atoms with van der Waals surface area (Å²) in [4.78, 5) is 0.261. The lowest BCUT2D eigenvalue weighted by molar-refractivity contribution is 0.471. The average molecular weight is 312 g/mol. The summed E-state index contributed by atoms with van der Waals surface area (Å²) in [5, 5.41) is 0. The quantitative estimate of drug-likeness (QED) is 0.476. The van der Waals surface area contributed by atoms with Gasteiger partial charge in [0, 0.05) is 6.54 Å². The lowest BCUT2D eigenvalue weighted by Gasteiger charge is -2.20. The van der Waals surface area contributed by atoms with Crippen molar-refractivity contribution in [2.24, 2.45) is 0 Å². The molecule has 3 nitrogen and oxygen atoms in total. The molecule has 0 saturated carbocycles. The van der Waals surface area contributed by atoms with E-state index in [1.165, 1.54) is 4.31 Å². The van der Waals surface area contributed by atoms with Crippen molar-refractivity contribution in [3.05, 3.63) is 42.0 Å². The second-order valence-electron chi connectivity index (χ2n) is 4.53. The van der Waals surface area contributed by atoms with Crippen molar-refractivity contribution in [1.82, 2.24) is 4.31 Å². The number of halogens is 1. The molecule has 108 valence electrons. The van der Waals surface area contributed by atoms with Crippen LogP contribution in [0.2, 0.25) is 0 Å². The third-order valence-electron chi connectivity index (χ3n) is 2.55. The van der Waals surface area contributed by atoms with Crippen LogP contribution in [0.4, 0.5) is 0 Å². The van der Waals surface area contributed by atoms with Gasteiger partial charge in [0.25, 0.3) is 0 Å². The van der Waals surface area contributed by atoms with Crippen LogP contribution in [0.3, 0.4) is 0 Å². The van der Waals surface area contributed by atoms with Crippen LogP contribution in [0.25, 0.3) is 0 Å². The van der Waals surface area contributed by atoms with Crippen LogP contribution in [0.15, 0.2) is 41.3 Å². The van der Waals surface area contributed by atoms with E-state index in [-0.39, 0.29) is 23.9 Å². The third kappa shape index (κ3) is 4.68. The fourth-order valence-corrected chi connectivity index (χ4v) is 3.08. The fourth-order valence-electron chi connectivity index (χ4n) is 1.58. The molecule has 0 heterocycles. The van der Waals surface area contributed by atoms with Crippen molar-refractivity contribution in [2.75, 3.05) is 19.0 Å². The molecule has 0 fully saturated rings. The standard InChI is InChI=1S/C15H18ClNO2S/c1-13(2)12-17(11-5-4-10-16)20(18,19)15-8-6-14(3)7-9-15/h6-9H,1,10-12H2,2-3H3. The second-order valence-corrected chi connectivity index (χ2v) is 6.74. The highest BCUT2D eigenvalue weighted by atomic mass is 35.5. The summed E-state index contributed by atoms with van der Waals surface area (Å²) in [5.74, 6) is 5.60. The minimum Gasteiger partial charge on any atom is -0.207 e. The van der Waals surface area contributed by atoms with Gasteiger partial charge in [-0.3, -0.25) is 0 Å². The smallest absolute Gasteiger partial charge is 0.207 e. The number of hydrogen-bond donors (Lipinski definition) is 0. The molecular weight excluding hydrogens is 294 g/mol. The Kier molecular flexibility index (Phi) is 6.28. The molecule has 0 bridgehead atoms. The van der Waals surface area contributed by atoms with Gasteiger partial charge in [0.15, 0.2) is 0 Å². The number of benzene rings is 1. The van der Waals surface area contributed by atoms with E-state index in [9.17, 15) is 8.42 Å². The molecule has 0 aliphatic rings. The Balaban J connectivity index is 3.09. The van der Waals surface area contributed by atoms with Crippen LogP contribution >= 0.6 is 11.6 Å². The van der Waals surface area contributed by atoms with Crippen LogP contribution in [0.1, 0.15) is 12.5 Å². The van der Waals surface area contributed by atoms with Crippen molar-refractivity contribution in [3.8, 4) is 11.8 Å². The third-order valence-corrected chi connectivity index (χ3v) is 4.49. The molecule has 0 N–H and O–H groups in total. The molecule has 0 unspecified atom stereocenters. The van der Waals surface area contributed by atoms with E-state index < -0.39 is 10.0 Å². The predicted molar refractivity (Wildman–Crippen MR) is 83.2 cm³/mol. The highest BCUT2D eigenvalue weighted by Crippen LogP contribution is 2.17. The zero-order valence-electron chi connectivity index (χ0n) is 11.7. The van der Waals surface area contributed by atoms with Gasteiger partial charge in [-0.15, -0.1) is 11.6 Å². The minimum atomic E-state index is -3.57. The van der Waals surface area contributed by atoms with E-state index in [4.69, 9.17) is 11.6 Å². The van der Waals surface area contributed by atoms with Gasteiger partial charge in [0.05, 0.1) is 17.3 Å². The maximum Gasteiger partial charge on any atom is 0.244 e. The zero-order valence-corrected chi connectivity index (χ0v) is 13.3. The summed E-state index contributed by atoms with van der Waals surface area (Å²) in [6.07, 6.45) is 0. The zero-order chi connectivity index (χ0) is 15.2. The van der Waals surface area contributed by atoms with Crippen LogP contribution in [-0.2, 0) is 10.0 Å². The number of alkyl halides is 1. The van der Waals surface area contributed by atoms with Crippen molar-refractivity contribution in [3.63, 3.8) is 0 Å². The molecule has 1 aromatic rings. The number of sulfonamides is 1.